The van der Waals surface area contributed by atoms with E-state index in [0.717, 1.165) is 51.9 Å². The quantitative estimate of drug-likeness (QED) is 0.328. The largest absolute Gasteiger partial charge is 0.256 e. The highest BCUT2D eigenvalue weighted by atomic mass is 14.7. The van der Waals surface area contributed by atoms with E-state index in [1.54, 1.807) is 0 Å². The predicted octanol–water partition coefficient (Wildman–Crippen LogP) is 6.65. The van der Waals surface area contributed by atoms with E-state index in [1.165, 1.54) is 11.1 Å². The summed E-state index contributed by atoms with van der Waals surface area (Å²) < 4.78 is 0. The first kappa shape index (κ1) is 22.7. The second kappa shape index (κ2) is 10.9. The molecule has 0 N–H and O–H groups in total. The van der Waals surface area contributed by atoms with Gasteiger partial charge in [-0.1, -0.05) is 61.6 Å². The van der Waals surface area contributed by atoms with Crippen molar-refractivity contribution in [2.45, 2.75) is 26.7 Å². The molecule has 1 heterocycles. The SMILES string of the molecule is C#Cc1ccc(C#Cc2c(CC)cc(C#Cc3ccc(-c4ccccn4)cc3)cc2CC)cc1. The number of hydrogen-bond acceptors (Lipinski definition) is 1. The summed E-state index contributed by atoms with van der Waals surface area (Å²) in [6.07, 6.45) is 9.06. The third-order valence-corrected chi connectivity index (χ3v) is 5.64. The van der Waals surface area contributed by atoms with Gasteiger partial charge in [0.1, 0.15) is 0 Å². The molecule has 0 aliphatic carbocycles. The van der Waals surface area contributed by atoms with Crippen molar-refractivity contribution in [3.63, 3.8) is 0 Å². The second-order valence-electron chi connectivity index (χ2n) is 7.89. The molecule has 1 aromatic heterocycles. The molecule has 0 saturated carbocycles. The fourth-order valence-corrected chi connectivity index (χ4v) is 3.74. The van der Waals surface area contributed by atoms with E-state index in [-0.39, 0.29) is 0 Å². The van der Waals surface area contributed by atoms with Crippen LogP contribution in [0.3, 0.4) is 0 Å². The number of nitrogens with zero attached hydrogens (tertiary/aromatic N) is 1. The average molecular weight is 436 g/mol. The van der Waals surface area contributed by atoms with Crippen molar-refractivity contribution < 1.29 is 0 Å². The second-order valence-corrected chi connectivity index (χ2v) is 7.89. The summed E-state index contributed by atoms with van der Waals surface area (Å²) in [4.78, 5) is 4.41. The number of pyridine rings is 1. The summed E-state index contributed by atoms with van der Waals surface area (Å²) >= 11 is 0. The highest BCUT2D eigenvalue weighted by Gasteiger charge is 2.07. The number of rotatable bonds is 3. The van der Waals surface area contributed by atoms with E-state index in [1.807, 2.05) is 60.8 Å². The highest BCUT2D eigenvalue weighted by molar-refractivity contribution is 5.61. The van der Waals surface area contributed by atoms with Gasteiger partial charge in [-0.05, 0) is 84.6 Å². The van der Waals surface area contributed by atoms with Crippen LogP contribution >= 0.6 is 0 Å². The van der Waals surface area contributed by atoms with Crippen molar-refractivity contribution in [1.29, 1.82) is 0 Å². The molecule has 1 heteroatoms. The average Bonchev–Trinajstić information content (AvgIpc) is 2.91. The Hall–Kier alpha value is -4.51. The standard InChI is InChI=1S/C33H25N/c1-4-25-10-12-26(13-11-25)18-21-32-29(5-2)23-28(24-30(32)6-3)15-14-27-16-19-31(20-17-27)33-9-7-8-22-34-33/h1,7-13,16-17,19-20,22-24H,5-6H2,2-3H3. The Balaban J connectivity index is 1.61. The van der Waals surface area contributed by atoms with Crippen LogP contribution < -0.4 is 0 Å². The van der Waals surface area contributed by atoms with E-state index in [0.29, 0.717) is 0 Å². The van der Waals surface area contributed by atoms with Crippen LogP contribution in [0.5, 0.6) is 0 Å². The number of hydrogen-bond donors (Lipinski definition) is 0. The molecular formula is C33H25N. The van der Waals surface area contributed by atoms with Crippen molar-refractivity contribution in [3.05, 3.63) is 124 Å². The van der Waals surface area contributed by atoms with Gasteiger partial charge < -0.3 is 0 Å². The van der Waals surface area contributed by atoms with Crippen molar-refractivity contribution in [2.75, 3.05) is 0 Å². The van der Waals surface area contributed by atoms with Crippen LogP contribution in [0.1, 0.15) is 52.8 Å². The van der Waals surface area contributed by atoms with Gasteiger partial charge >= 0.3 is 0 Å². The summed E-state index contributed by atoms with van der Waals surface area (Å²) in [7, 11) is 0. The van der Waals surface area contributed by atoms with Crippen molar-refractivity contribution >= 4 is 0 Å². The Morgan fingerprint density at radius 1 is 0.647 bits per heavy atom. The first-order valence-electron chi connectivity index (χ1n) is 11.5. The maximum Gasteiger partial charge on any atom is 0.0701 e. The van der Waals surface area contributed by atoms with Gasteiger partial charge in [0.15, 0.2) is 0 Å². The van der Waals surface area contributed by atoms with Gasteiger partial charge in [0.05, 0.1) is 5.69 Å². The van der Waals surface area contributed by atoms with Crippen molar-refractivity contribution in [3.8, 4) is 47.3 Å². The zero-order chi connectivity index (χ0) is 23.8. The Bertz CT molecular complexity index is 1420. The zero-order valence-corrected chi connectivity index (χ0v) is 19.5. The molecule has 4 rings (SSSR count). The van der Waals surface area contributed by atoms with Crippen LogP contribution in [0.2, 0.25) is 0 Å². The molecule has 0 amide bonds. The minimum absolute atomic E-state index is 0.864. The van der Waals surface area contributed by atoms with E-state index in [4.69, 9.17) is 6.42 Å². The number of aromatic nitrogens is 1. The molecule has 0 bridgehead atoms. The van der Waals surface area contributed by atoms with E-state index < -0.39 is 0 Å². The number of terminal acetylenes is 1. The maximum atomic E-state index is 5.45. The first-order valence-corrected chi connectivity index (χ1v) is 11.5. The molecule has 1 nitrogen and oxygen atoms in total. The minimum atomic E-state index is 0.864. The van der Waals surface area contributed by atoms with E-state index in [2.05, 4.69) is 72.7 Å². The number of aryl methyl sites for hydroxylation is 2. The van der Waals surface area contributed by atoms with Gasteiger partial charge in [-0.2, -0.15) is 0 Å². The van der Waals surface area contributed by atoms with Crippen LogP contribution in [-0.2, 0) is 12.8 Å². The Morgan fingerprint density at radius 2 is 1.21 bits per heavy atom. The zero-order valence-electron chi connectivity index (χ0n) is 19.5. The summed E-state index contributed by atoms with van der Waals surface area (Å²) in [5, 5.41) is 0. The molecule has 162 valence electrons. The molecule has 0 spiro atoms. The van der Waals surface area contributed by atoms with Crippen molar-refractivity contribution in [2.24, 2.45) is 0 Å². The van der Waals surface area contributed by atoms with Crippen LogP contribution in [-0.4, -0.2) is 4.98 Å². The highest BCUT2D eigenvalue weighted by Crippen LogP contribution is 2.20. The maximum absolute atomic E-state index is 5.45. The molecule has 0 aliphatic heterocycles. The van der Waals surface area contributed by atoms with Gasteiger partial charge in [0.2, 0.25) is 0 Å². The number of benzene rings is 3. The Labute approximate surface area is 202 Å². The van der Waals surface area contributed by atoms with Crippen LogP contribution in [0, 0.1) is 36.0 Å². The van der Waals surface area contributed by atoms with Gasteiger partial charge in [-0.25, -0.2) is 0 Å². The summed E-state index contributed by atoms with van der Waals surface area (Å²) in [5.41, 5.74) is 9.43. The molecule has 34 heavy (non-hydrogen) atoms. The molecular weight excluding hydrogens is 410 g/mol. The minimum Gasteiger partial charge on any atom is -0.256 e. The fourth-order valence-electron chi connectivity index (χ4n) is 3.74. The Kier molecular flexibility index (Phi) is 7.25. The summed E-state index contributed by atoms with van der Waals surface area (Å²) in [6.45, 7) is 4.32. The normalized spacial score (nSPS) is 9.79. The van der Waals surface area contributed by atoms with E-state index >= 15 is 0 Å². The van der Waals surface area contributed by atoms with Gasteiger partial charge in [0, 0.05) is 39.6 Å². The lowest BCUT2D eigenvalue weighted by molar-refractivity contribution is 1.07. The molecule has 3 aromatic carbocycles. The van der Waals surface area contributed by atoms with Crippen LogP contribution in [0.25, 0.3) is 11.3 Å². The van der Waals surface area contributed by atoms with Gasteiger partial charge in [-0.15, -0.1) is 6.42 Å². The third-order valence-electron chi connectivity index (χ3n) is 5.64. The first-order chi connectivity index (χ1) is 16.7. The lowest BCUT2D eigenvalue weighted by Crippen LogP contribution is -1.97. The molecule has 0 unspecified atom stereocenters. The van der Waals surface area contributed by atoms with E-state index in [9.17, 15) is 0 Å². The fraction of sp³-hybridized carbons (Fsp3) is 0.121. The molecule has 0 atom stereocenters. The smallest absolute Gasteiger partial charge is 0.0701 e. The molecule has 0 aliphatic rings. The third kappa shape index (κ3) is 5.45. The molecule has 0 fully saturated rings. The van der Waals surface area contributed by atoms with Crippen LogP contribution in [0.4, 0.5) is 0 Å². The van der Waals surface area contributed by atoms with Crippen molar-refractivity contribution in [1.82, 2.24) is 4.98 Å². The summed E-state index contributed by atoms with van der Waals surface area (Å²) in [6, 6.07) is 26.3. The topological polar surface area (TPSA) is 12.9 Å². The predicted molar refractivity (Wildman–Crippen MR) is 141 cm³/mol. The Morgan fingerprint density at radius 3 is 1.76 bits per heavy atom. The molecule has 0 saturated heterocycles. The lowest BCUT2D eigenvalue weighted by Gasteiger charge is -2.09. The van der Waals surface area contributed by atoms with Gasteiger partial charge in [-0.3, -0.25) is 4.98 Å². The van der Waals surface area contributed by atoms with Gasteiger partial charge in [0.25, 0.3) is 0 Å². The molecule has 4 aromatic rings. The summed E-state index contributed by atoms with van der Waals surface area (Å²) in [5.74, 6) is 16.0. The lowest BCUT2D eigenvalue weighted by atomic mass is 9.94. The molecule has 0 radical (unpaired) electrons. The monoisotopic (exact) mass is 435 g/mol. The van der Waals surface area contributed by atoms with Crippen LogP contribution in [0.15, 0.2) is 85.1 Å².